The normalized spacial score (nSPS) is 13.1. The molecule has 1 rings (SSSR count). The van der Waals surface area contributed by atoms with Crippen molar-refractivity contribution in [2.75, 3.05) is 0 Å². The average molecular weight is 224 g/mol. The van der Waals surface area contributed by atoms with Crippen molar-refractivity contribution in [3.8, 4) is 0 Å². The SMILES string of the molecule is O=C(O)CCC/C=C/CC(O)c1ccco1. The maximum absolute atomic E-state index is 10.2. The van der Waals surface area contributed by atoms with Crippen LogP contribution in [-0.4, -0.2) is 16.2 Å². The van der Waals surface area contributed by atoms with E-state index < -0.39 is 12.1 Å². The molecule has 0 aliphatic carbocycles. The number of carbonyl (C=O) groups is 1. The summed E-state index contributed by atoms with van der Waals surface area (Å²) in [6, 6.07) is 3.46. The van der Waals surface area contributed by atoms with Gasteiger partial charge >= 0.3 is 5.97 Å². The molecule has 1 aromatic heterocycles. The monoisotopic (exact) mass is 224 g/mol. The van der Waals surface area contributed by atoms with E-state index in [1.807, 2.05) is 12.2 Å². The van der Waals surface area contributed by atoms with Gasteiger partial charge in [0, 0.05) is 6.42 Å². The van der Waals surface area contributed by atoms with Crippen molar-refractivity contribution < 1.29 is 19.4 Å². The summed E-state index contributed by atoms with van der Waals surface area (Å²) >= 11 is 0. The van der Waals surface area contributed by atoms with Crippen molar-refractivity contribution in [3.05, 3.63) is 36.3 Å². The number of carboxylic acid groups (broad SMARTS) is 1. The van der Waals surface area contributed by atoms with Crippen LogP contribution in [0.4, 0.5) is 0 Å². The average Bonchev–Trinajstić information content (AvgIpc) is 2.75. The number of hydrogen-bond donors (Lipinski definition) is 2. The van der Waals surface area contributed by atoms with Crippen LogP contribution in [0, 0.1) is 0 Å². The number of rotatable bonds is 7. The first-order valence-electron chi connectivity index (χ1n) is 5.28. The van der Waals surface area contributed by atoms with Crippen LogP contribution in [0.3, 0.4) is 0 Å². The molecule has 4 nitrogen and oxygen atoms in total. The molecule has 4 heteroatoms. The lowest BCUT2D eigenvalue weighted by atomic mass is 10.1. The molecule has 16 heavy (non-hydrogen) atoms. The Labute approximate surface area is 94.2 Å². The molecule has 88 valence electrons. The van der Waals surface area contributed by atoms with Crippen molar-refractivity contribution >= 4 is 5.97 Å². The Hall–Kier alpha value is -1.55. The minimum absolute atomic E-state index is 0.186. The summed E-state index contributed by atoms with van der Waals surface area (Å²) in [7, 11) is 0. The first-order chi connectivity index (χ1) is 7.70. The molecular formula is C12H16O4. The molecular weight excluding hydrogens is 208 g/mol. The molecule has 0 spiro atoms. The van der Waals surface area contributed by atoms with Gasteiger partial charge in [0.2, 0.25) is 0 Å². The number of hydrogen-bond acceptors (Lipinski definition) is 3. The summed E-state index contributed by atoms with van der Waals surface area (Å²) in [5, 5.41) is 18.0. The molecule has 0 fully saturated rings. The lowest BCUT2D eigenvalue weighted by Gasteiger charge is -2.02. The highest BCUT2D eigenvalue weighted by atomic mass is 16.4. The molecule has 0 amide bonds. The molecule has 0 aliphatic heterocycles. The third kappa shape index (κ3) is 4.79. The van der Waals surface area contributed by atoms with E-state index in [0.29, 0.717) is 18.6 Å². The highest BCUT2D eigenvalue weighted by Gasteiger charge is 2.07. The van der Waals surface area contributed by atoms with E-state index in [0.717, 1.165) is 6.42 Å². The Kier molecular flexibility index (Phi) is 5.36. The van der Waals surface area contributed by atoms with Gasteiger partial charge in [0.1, 0.15) is 11.9 Å². The van der Waals surface area contributed by atoms with Crippen molar-refractivity contribution in [2.24, 2.45) is 0 Å². The standard InChI is InChI=1S/C12H16O4/c13-10(11-7-5-9-16-11)6-3-1-2-4-8-12(14)15/h1,3,5,7,9-10,13H,2,4,6,8H2,(H,14,15)/b3-1+. The van der Waals surface area contributed by atoms with E-state index in [2.05, 4.69) is 0 Å². The van der Waals surface area contributed by atoms with E-state index in [1.165, 1.54) is 6.26 Å². The molecule has 1 heterocycles. The van der Waals surface area contributed by atoms with Crippen LogP contribution in [0.25, 0.3) is 0 Å². The van der Waals surface area contributed by atoms with Crippen molar-refractivity contribution in [3.63, 3.8) is 0 Å². The number of unbranched alkanes of at least 4 members (excludes halogenated alkanes) is 1. The second-order valence-electron chi connectivity index (χ2n) is 3.52. The Morgan fingerprint density at radius 3 is 2.94 bits per heavy atom. The second kappa shape index (κ2) is 6.85. The van der Waals surface area contributed by atoms with Crippen LogP contribution in [0.15, 0.2) is 35.0 Å². The third-order valence-electron chi connectivity index (χ3n) is 2.16. The van der Waals surface area contributed by atoms with Crippen LogP contribution >= 0.6 is 0 Å². The summed E-state index contributed by atoms with van der Waals surface area (Å²) in [4.78, 5) is 10.2. The van der Waals surface area contributed by atoms with E-state index >= 15 is 0 Å². The lowest BCUT2D eigenvalue weighted by molar-refractivity contribution is -0.137. The van der Waals surface area contributed by atoms with Crippen LogP contribution in [0.5, 0.6) is 0 Å². The van der Waals surface area contributed by atoms with Crippen molar-refractivity contribution in [1.82, 2.24) is 0 Å². The second-order valence-corrected chi connectivity index (χ2v) is 3.52. The smallest absolute Gasteiger partial charge is 0.303 e. The lowest BCUT2D eigenvalue weighted by Crippen LogP contribution is -1.93. The van der Waals surface area contributed by atoms with Crippen LogP contribution in [0.2, 0.25) is 0 Å². The zero-order chi connectivity index (χ0) is 11.8. The fourth-order valence-electron chi connectivity index (χ4n) is 1.31. The van der Waals surface area contributed by atoms with Gasteiger partial charge in [-0.2, -0.15) is 0 Å². The number of aliphatic hydroxyl groups excluding tert-OH is 1. The number of aliphatic hydroxyl groups is 1. The van der Waals surface area contributed by atoms with Gasteiger partial charge in [0.05, 0.1) is 6.26 Å². The predicted molar refractivity (Wildman–Crippen MR) is 58.9 cm³/mol. The van der Waals surface area contributed by atoms with E-state index in [1.54, 1.807) is 12.1 Å². The quantitative estimate of drug-likeness (QED) is 0.551. The van der Waals surface area contributed by atoms with Crippen LogP contribution in [-0.2, 0) is 4.79 Å². The molecule has 1 aromatic rings. The summed E-state index contributed by atoms with van der Waals surface area (Å²) in [6.07, 6.45) is 6.65. The minimum Gasteiger partial charge on any atom is -0.481 e. The molecule has 0 aliphatic rings. The molecule has 1 atom stereocenters. The number of allylic oxidation sites excluding steroid dienone is 1. The predicted octanol–water partition coefficient (Wildman–Crippen LogP) is 2.51. The molecule has 1 unspecified atom stereocenters. The molecule has 0 saturated carbocycles. The molecule has 0 radical (unpaired) electrons. The molecule has 0 bridgehead atoms. The summed E-state index contributed by atoms with van der Waals surface area (Å²) in [5.41, 5.74) is 0. The van der Waals surface area contributed by atoms with Gasteiger partial charge in [-0.25, -0.2) is 0 Å². The van der Waals surface area contributed by atoms with Gasteiger partial charge in [-0.05, 0) is 31.4 Å². The summed E-state index contributed by atoms with van der Waals surface area (Å²) in [6.45, 7) is 0. The highest BCUT2D eigenvalue weighted by molar-refractivity contribution is 5.66. The van der Waals surface area contributed by atoms with Crippen LogP contribution < -0.4 is 0 Å². The third-order valence-corrected chi connectivity index (χ3v) is 2.16. The number of aliphatic carboxylic acids is 1. The first kappa shape index (κ1) is 12.5. The molecule has 2 N–H and O–H groups in total. The van der Waals surface area contributed by atoms with Gasteiger partial charge in [-0.15, -0.1) is 0 Å². The van der Waals surface area contributed by atoms with Crippen molar-refractivity contribution in [1.29, 1.82) is 0 Å². The minimum atomic E-state index is -0.774. The van der Waals surface area contributed by atoms with E-state index in [4.69, 9.17) is 9.52 Å². The first-order valence-corrected chi connectivity index (χ1v) is 5.28. The Balaban J connectivity index is 2.14. The van der Waals surface area contributed by atoms with Crippen LogP contribution in [0.1, 0.15) is 37.5 Å². The fraction of sp³-hybridized carbons (Fsp3) is 0.417. The maximum Gasteiger partial charge on any atom is 0.303 e. The molecule has 0 aromatic carbocycles. The largest absolute Gasteiger partial charge is 0.481 e. The Morgan fingerprint density at radius 2 is 2.31 bits per heavy atom. The topological polar surface area (TPSA) is 70.7 Å². The summed E-state index contributed by atoms with van der Waals surface area (Å²) in [5.74, 6) is -0.223. The van der Waals surface area contributed by atoms with Gasteiger partial charge in [-0.3, -0.25) is 4.79 Å². The van der Waals surface area contributed by atoms with Crippen molar-refractivity contribution in [2.45, 2.75) is 31.8 Å². The van der Waals surface area contributed by atoms with Gasteiger partial charge < -0.3 is 14.6 Å². The zero-order valence-electron chi connectivity index (χ0n) is 9.00. The van der Waals surface area contributed by atoms with E-state index in [9.17, 15) is 9.90 Å². The maximum atomic E-state index is 10.2. The highest BCUT2D eigenvalue weighted by Crippen LogP contribution is 2.17. The van der Waals surface area contributed by atoms with Gasteiger partial charge in [0.25, 0.3) is 0 Å². The van der Waals surface area contributed by atoms with Gasteiger partial charge in [-0.1, -0.05) is 12.2 Å². The summed E-state index contributed by atoms with van der Waals surface area (Å²) < 4.78 is 5.04. The number of carboxylic acids is 1. The number of furan rings is 1. The zero-order valence-corrected chi connectivity index (χ0v) is 9.00. The Bertz CT molecular complexity index is 327. The Morgan fingerprint density at radius 1 is 1.50 bits per heavy atom. The van der Waals surface area contributed by atoms with E-state index in [-0.39, 0.29) is 6.42 Å². The fourth-order valence-corrected chi connectivity index (χ4v) is 1.31. The molecule has 0 saturated heterocycles. The van der Waals surface area contributed by atoms with Gasteiger partial charge in [0.15, 0.2) is 0 Å².